The van der Waals surface area contributed by atoms with E-state index in [2.05, 4.69) is 15.6 Å². The summed E-state index contributed by atoms with van der Waals surface area (Å²) in [6, 6.07) is 9.51. The van der Waals surface area contributed by atoms with Crippen LogP contribution >= 0.6 is 11.3 Å². The zero-order valence-corrected chi connectivity index (χ0v) is 15.0. The maximum Gasteiger partial charge on any atom is 0.248 e. The Bertz CT molecular complexity index is 665. The molecule has 6 heteroatoms. The van der Waals surface area contributed by atoms with E-state index in [1.165, 1.54) is 4.88 Å². The van der Waals surface area contributed by atoms with E-state index in [1.54, 1.807) is 11.3 Å². The van der Waals surface area contributed by atoms with Gasteiger partial charge in [0.05, 0.1) is 0 Å². The first-order valence-electron chi connectivity index (χ1n) is 8.34. The highest BCUT2D eigenvalue weighted by Crippen LogP contribution is 2.32. The number of thiazole rings is 1. The standard InChI is InChI=1S/C18H24N4OS/c1-22(2)16(14-6-4-3-5-7-14)17(23)21-18-20-12-15(24-18)13-8-10-19-11-9-13/h3-7,12-13,16,19H,8-11H2,1-2H3,(H,20,21,23). The Morgan fingerprint density at radius 1 is 1.29 bits per heavy atom. The van der Waals surface area contributed by atoms with Gasteiger partial charge >= 0.3 is 0 Å². The van der Waals surface area contributed by atoms with Crippen LogP contribution < -0.4 is 10.6 Å². The number of piperidine rings is 1. The molecule has 1 atom stereocenters. The van der Waals surface area contributed by atoms with Crippen LogP contribution in [0.3, 0.4) is 0 Å². The molecule has 0 spiro atoms. The predicted octanol–water partition coefficient (Wildman–Crippen LogP) is 2.85. The van der Waals surface area contributed by atoms with Gasteiger partial charge in [0.2, 0.25) is 5.91 Å². The third kappa shape index (κ3) is 4.01. The molecule has 0 saturated carbocycles. The van der Waals surface area contributed by atoms with Crippen molar-refractivity contribution in [2.24, 2.45) is 0 Å². The summed E-state index contributed by atoms with van der Waals surface area (Å²) >= 11 is 1.60. The number of carbonyl (C=O) groups is 1. The molecule has 2 aromatic rings. The largest absolute Gasteiger partial charge is 0.317 e. The van der Waals surface area contributed by atoms with Crippen LogP contribution in [0.1, 0.15) is 35.2 Å². The number of nitrogens with zero attached hydrogens (tertiary/aromatic N) is 2. The smallest absolute Gasteiger partial charge is 0.248 e. The maximum absolute atomic E-state index is 12.7. The fraction of sp³-hybridized carbons (Fsp3) is 0.444. The molecule has 1 aliphatic heterocycles. The van der Waals surface area contributed by atoms with Crippen molar-refractivity contribution in [3.05, 3.63) is 47.0 Å². The molecule has 0 bridgehead atoms. The molecular weight excluding hydrogens is 320 g/mol. The Morgan fingerprint density at radius 2 is 2.00 bits per heavy atom. The minimum absolute atomic E-state index is 0.0441. The predicted molar refractivity (Wildman–Crippen MR) is 98.5 cm³/mol. The highest BCUT2D eigenvalue weighted by atomic mass is 32.1. The third-order valence-corrected chi connectivity index (χ3v) is 5.45. The van der Waals surface area contributed by atoms with Gasteiger partial charge in [-0.2, -0.15) is 0 Å². The number of hydrogen-bond donors (Lipinski definition) is 2. The van der Waals surface area contributed by atoms with E-state index in [4.69, 9.17) is 0 Å². The maximum atomic E-state index is 12.7. The molecule has 0 radical (unpaired) electrons. The summed E-state index contributed by atoms with van der Waals surface area (Å²) in [5.74, 6) is 0.519. The van der Waals surface area contributed by atoms with E-state index in [9.17, 15) is 4.79 Å². The molecule has 128 valence electrons. The number of likely N-dealkylation sites (N-methyl/N-ethyl adjacent to an activating group) is 1. The average molecular weight is 344 g/mol. The van der Waals surface area contributed by atoms with Crippen molar-refractivity contribution in [2.75, 3.05) is 32.5 Å². The molecule has 5 nitrogen and oxygen atoms in total. The van der Waals surface area contributed by atoms with Crippen LogP contribution in [0.2, 0.25) is 0 Å². The summed E-state index contributed by atoms with van der Waals surface area (Å²) in [6.07, 6.45) is 4.20. The molecule has 0 aliphatic carbocycles. The van der Waals surface area contributed by atoms with Gasteiger partial charge in [0.15, 0.2) is 5.13 Å². The lowest BCUT2D eigenvalue weighted by molar-refractivity contribution is -0.120. The highest BCUT2D eigenvalue weighted by Gasteiger charge is 2.24. The molecule has 1 unspecified atom stereocenters. The Kier molecular flexibility index (Phi) is 5.60. The second kappa shape index (κ2) is 7.88. The molecule has 1 fully saturated rings. The van der Waals surface area contributed by atoms with Crippen LogP contribution in [0, 0.1) is 0 Å². The zero-order chi connectivity index (χ0) is 16.9. The SMILES string of the molecule is CN(C)C(C(=O)Nc1ncc(C2CCNCC2)s1)c1ccccc1. The van der Waals surface area contributed by atoms with Crippen molar-refractivity contribution < 1.29 is 4.79 Å². The van der Waals surface area contributed by atoms with Gasteiger partial charge in [-0.3, -0.25) is 9.69 Å². The van der Waals surface area contributed by atoms with Crippen molar-refractivity contribution in [1.29, 1.82) is 0 Å². The fourth-order valence-corrected chi connectivity index (χ4v) is 4.12. The average Bonchev–Trinajstić information content (AvgIpc) is 3.05. The van der Waals surface area contributed by atoms with Gasteiger partial charge in [0.25, 0.3) is 0 Å². The molecular formula is C18H24N4OS. The van der Waals surface area contributed by atoms with Gasteiger partial charge in [-0.05, 0) is 51.5 Å². The van der Waals surface area contributed by atoms with Crippen molar-refractivity contribution in [1.82, 2.24) is 15.2 Å². The molecule has 1 aromatic heterocycles. The van der Waals surface area contributed by atoms with Crippen LogP contribution in [0.25, 0.3) is 0 Å². The fourth-order valence-electron chi connectivity index (χ4n) is 3.13. The van der Waals surface area contributed by atoms with E-state index in [0.717, 1.165) is 31.5 Å². The number of anilines is 1. The van der Waals surface area contributed by atoms with E-state index in [0.29, 0.717) is 11.0 Å². The normalized spacial score (nSPS) is 17.0. The monoisotopic (exact) mass is 344 g/mol. The topological polar surface area (TPSA) is 57.3 Å². The van der Waals surface area contributed by atoms with Crippen LogP contribution in [0.5, 0.6) is 0 Å². The Labute approximate surface area is 147 Å². The Morgan fingerprint density at radius 3 is 2.67 bits per heavy atom. The van der Waals surface area contributed by atoms with Crippen LogP contribution in [-0.2, 0) is 4.79 Å². The van der Waals surface area contributed by atoms with Gasteiger partial charge in [-0.1, -0.05) is 30.3 Å². The molecule has 1 aliphatic rings. The first kappa shape index (κ1) is 17.1. The summed E-state index contributed by atoms with van der Waals surface area (Å²) in [4.78, 5) is 20.4. The van der Waals surface area contributed by atoms with E-state index < -0.39 is 0 Å². The lowest BCUT2D eigenvalue weighted by atomic mass is 9.97. The molecule has 1 saturated heterocycles. The summed E-state index contributed by atoms with van der Waals surface area (Å²) in [6.45, 7) is 2.11. The molecule has 24 heavy (non-hydrogen) atoms. The first-order valence-corrected chi connectivity index (χ1v) is 9.15. The van der Waals surface area contributed by atoms with Crippen LogP contribution in [-0.4, -0.2) is 43.0 Å². The molecule has 3 rings (SSSR count). The molecule has 1 amide bonds. The number of benzene rings is 1. The first-order chi connectivity index (χ1) is 11.6. The van der Waals surface area contributed by atoms with E-state index >= 15 is 0 Å². The number of nitrogens with one attached hydrogen (secondary N) is 2. The molecule has 2 heterocycles. The van der Waals surface area contributed by atoms with E-state index in [1.807, 2.05) is 55.5 Å². The number of amides is 1. The second-order valence-electron chi connectivity index (χ2n) is 6.36. The van der Waals surface area contributed by atoms with Crippen LogP contribution in [0.15, 0.2) is 36.5 Å². The molecule has 2 N–H and O–H groups in total. The molecule has 1 aromatic carbocycles. The number of aromatic nitrogens is 1. The summed E-state index contributed by atoms with van der Waals surface area (Å²) in [5, 5.41) is 7.06. The van der Waals surface area contributed by atoms with Gasteiger partial charge < -0.3 is 10.6 Å². The number of rotatable bonds is 5. The van der Waals surface area contributed by atoms with Gasteiger partial charge in [-0.15, -0.1) is 11.3 Å². The van der Waals surface area contributed by atoms with Gasteiger partial charge in [-0.25, -0.2) is 4.98 Å². The van der Waals surface area contributed by atoms with Crippen molar-refractivity contribution in [3.63, 3.8) is 0 Å². The Hall–Kier alpha value is -1.76. The lowest BCUT2D eigenvalue weighted by Gasteiger charge is -2.23. The number of carbonyl (C=O) groups excluding carboxylic acids is 1. The Balaban J connectivity index is 1.70. The van der Waals surface area contributed by atoms with E-state index in [-0.39, 0.29) is 11.9 Å². The minimum Gasteiger partial charge on any atom is -0.317 e. The van der Waals surface area contributed by atoms with Crippen molar-refractivity contribution in [3.8, 4) is 0 Å². The van der Waals surface area contributed by atoms with Gasteiger partial charge in [0.1, 0.15) is 6.04 Å². The van der Waals surface area contributed by atoms with Crippen molar-refractivity contribution in [2.45, 2.75) is 24.8 Å². The van der Waals surface area contributed by atoms with Crippen molar-refractivity contribution >= 4 is 22.4 Å². The lowest BCUT2D eigenvalue weighted by Crippen LogP contribution is -2.32. The number of hydrogen-bond acceptors (Lipinski definition) is 5. The zero-order valence-electron chi connectivity index (χ0n) is 14.2. The summed E-state index contributed by atoms with van der Waals surface area (Å²) in [7, 11) is 3.83. The van der Waals surface area contributed by atoms with Gasteiger partial charge in [0, 0.05) is 11.1 Å². The minimum atomic E-state index is -0.322. The summed E-state index contributed by atoms with van der Waals surface area (Å²) < 4.78 is 0. The van der Waals surface area contributed by atoms with Crippen LogP contribution in [0.4, 0.5) is 5.13 Å². The quantitative estimate of drug-likeness (QED) is 0.876. The third-order valence-electron chi connectivity index (χ3n) is 4.38. The second-order valence-corrected chi connectivity index (χ2v) is 7.42. The summed E-state index contributed by atoms with van der Waals surface area (Å²) in [5.41, 5.74) is 0.982. The highest BCUT2D eigenvalue weighted by molar-refractivity contribution is 7.15.